The van der Waals surface area contributed by atoms with Gasteiger partial charge in [0, 0.05) is 18.5 Å². The van der Waals surface area contributed by atoms with Crippen molar-refractivity contribution in [1.29, 1.82) is 0 Å². The molecule has 0 aromatic heterocycles. The largest absolute Gasteiger partial charge is 0.573 e. The lowest BCUT2D eigenvalue weighted by molar-refractivity contribution is -0.274. The number of rotatable bonds is 5. The van der Waals surface area contributed by atoms with Crippen LogP contribution in [-0.4, -0.2) is 31.7 Å². The predicted octanol–water partition coefficient (Wildman–Crippen LogP) is 3.44. The molecule has 2 N–H and O–H groups in total. The van der Waals surface area contributed by atoms with Gasteiger partial charge >= 0.3 is 6.36 Å². The van der Waals surface area contributed by atoms with E-state index in [1.807, 2.05) is 6.92 Å². The number of hydrogen-bond donors (Lipinski definition) is 2. The molecule has 0 spiro atoms. The molecule has 2 aromatic rings. The van der Waals surface area contributed by atoms with Gasteiger partial charge < -0.3 is 19.9 Å². The van der Waals surface area contributed by atoms with E-state index < -0.39 is 17.4 Å². The highest BCUT2D eigenvalue weighted by Crippen LogP contribution is 2.48. The highest BCUT2D eigenvalue weighted by atomic mass is 19.4. The van der Waals surface area contributed by atoms with Crippen molar-refractivity contribution in [3.05, 3.63) is 59.7 Å². The third-order valence-electron chi connectivity index (χ3n) is 4.92. The number of benzene rings is 2. The fourth-order valence-electron chi connectivity index (χ4n) is 3.35. The van der Waals surface area contributed by atoms with Gasteiger partial charge in [-0.2, -0.15) is 0 Å². The molecular formula is C19H20F3NO3. The number of hydrogen-bond acceptors (Lipinski definition) is 4. The maximum absolute atomic E-state index is 12.4. The molecule has 1 unspecified atom stereocenters. The molecule has 0 aliphatic carbocycles. The topological polar surface area (TPSA) is 50.7 Å². The molecule has 0 bridgehead atoms. The van der Waals surface area contributed by atoms with Crippen molar-refractivity contribution in [2.24, 2.45) is 5.41 Å². The Kier molecular flexibility index (Phi) is 4.62. The Morgan fingerprint density at radius 2 is 1.38 bits per heavy atom. The summed E-state index contributed by atoms with van der Waals surface area (Å²) in [5.74, 6) is 0.331. The van der Waals surface area contributed by atoms with Gasteiger partial charge in [-0.25, -0.2) is 0 Å². The highest BCUT2D eigenvalue weighted by Gasteiger charge is 2.53. The zero-order valence-electron chi connectivity index (χ0n) is 14.4. The summed E-state index contributed by atoms with van der Waals surface area (Å²) in [4.78, 5) is 0. The summed E-state index contributed by atoms with van der Waals surface area (Å²) in [6, 6.07) is 12.4. The van der Waals surface area contributed by atoms with E-state index in [1.165, 1.54) is 24.3 Å². The first-order chi connectivity index (χ1) is 12.2. The van der Waals surface area contributed by atoms with Crippen LogP contribution in [0.4, 0.5) is 13.2 Å². The maximum Gasteiger partial charge on any atom is 0.573 e. The molecule has 1 heterocycles. The number of alkyl halides is 3. The summed E-state index contributed by atoms with van der Waals surface area (Å²) >= 11 is 0. The third-order valence-corrected chi connectivity index (χ3v) is 4.92. The highest BCUT2D eigenvalue weighted by molar-refractivity contribution is 5.44. The van der Waals surface area contributed by atoms with Crippen molar-refractivity contribution >= 4 is 0 Å². The average Bonchev–Trinajstić information content (AvgIpc) is 2.58. The van der Waals surface area contributed by atoms with Gasteiger partial charge in [0.25, 0.3) is 0 Å². The van der Waals surface area contributed by atoms with Crippen molar-refractivity contribution in [1.82, 2.24) is 5.32 Å². The van der Waals surface area contributed by atoms with E-state index in [1.54, 1.807) is 31.4 Å². The van der Waals surface area contributed by atoms with Crippen molar-refractivity contribution < 1.29 is 27.8 Å². The SMILES string of the molecule is COc1ccc(C(O)(c2ccc(OC(F)(F)F)cc2)C2(C)CNC2)cc1. The zero-order valence-corrected chi connectivity index (χ0v) is 14.4. The second kappa shape index (κ2) is 6.48. The van der Waals surface area contributed by atoms with Crippen LogP contribution in [0.1, 0.15) is 18.1 Å². The van der Waals surface area contributed by atoms with Crippen LogP contribution in [0.2, 0.25) is 0 Å². The number of methoxy groups -OCH3 is 1. The van der Waals surface area contributed by atoms with Crippen LogP contribution < -0.4 is 14.8 Å². The molecule has 26 heavy (non-hydrogen) atoms. The van der Waals surface area contributed by atoms with E-state index in [0.29, 0.717) is 30.0 Å². The quantitative estimate of drug-likeness (QED) is 0.850. The lowest BCUT2D eigenvalue weighted by Gasteiger charge is -2.52. The Labute approximate surface area is 149 Å². The van der Waals surface area contributed by atoms with E-state index in [4.69, 9.17) is 4.74 Å². The Hall–Kier alpha value is -2.25. The van der Waals surface area contributed by atoms with Crippen LogP contribution in [0.3, 0.4) is 0 Å². The molecule has 1 saturated heterocycles. The summed E-state index contributed by atoms with van der Waals surface area (Å²) < 4.78 is 46.2. The minimum Gasteiger partial charge on any atom is -0.497 e. The molecule has 0 amide bonds. The molecule has 3 rings (SSSR count). The molecule has 0 radical (unpaired) electrons. The van der Waals surface area contributed by atoms with E-state index >= 15 is 0 Å². The lowest BCUT2D eigenvalue weighted by atomic mass is 9.63. The molecule has 4 nitrogen and oxygen atoms in total. The van der Waals surface area contributed by atoms with Gasteiger partial charge in [-0.05, 0) is 35.4 Å². The molecular weight excluding hydrogens is 347 g/mol. The molecule has 1 atom stereocenters. The third kappa shape index (κ3) is 3.24. The minimum atomic E-state index is -4.75. The van der Waals surface area contributed by atoms with Crippen LogP contribution in [0, 0.1) is 5.41 Å². The van der Waals surface area contributed by atoms with Crippen molar-refractivity contribution in [2.75, 3.05) is 20.2 Å². The summed E-state index contributed by atoms with van der Waals surface area (Å²) in [6.07, 6.45) is -4.75. The van der Waals surface area contributed by atoms with Gasteiger partial charge in [0.2, 0.25) is 0 Å². The van der Waals surface area contributed by atoms with Gasteiger partial charge in [0.05, 0.1) is 7.11 Å². The normalized spacial score (nSPS) is 18.5. The summed E-state index contributed by atoms with van der Waals surface area (Å²) in [5, 5.41) is 14.8. The standard InChI is InChI=1S/C19H20F3NO3/c1-17(11-23-12-17)18(24,13-3-7-15(25-2)8-4-13)14-5-9-16(10-6-14)26-19(20,21)22/h3-10,23-24H,11-12H2,1-2H3. The lowest BCUT2D eigenvalue weighted by Crippen LogP contribution is -2.63. The first kappa shape index (κ1) is 18.5. The fourth-order valence-corrected chi connectivity index (χ4v) is 3.35. The molecule has 0 saturated carbocycles. The minimum absolute atomic E-state index is 0.324. The Balaban J connectivity index is 2.01. The first-order valence-corrected chi connectivity index (χ1v) is 8.12. The Bertz CT molecular complexity index is 755. The summed E-state index contributed by atoms with van der Waals surface area (Å²) in [7, 11) is 1.55. The van der Waals surface area contributed by atoms with Crippen LogP contribution in [0.25, 0.3) is 0 Å². The molecule has 1 aliphatic rings. The average molecular weight is 367 g/mol. The smallest absolute Gasteiger partial charge is 0.497 e. The number of nitrogens with one attached hydrogen (secondary N) is 1. The van der Waals surface area contributed by atoms with Crippen molar-refractivity contribution in [3.8, 4) is 11.5 Å². The van der Waals surface area contributed by atoms with Crippen LogP contribution in [0.5, 0.6) is 11.5 Å². The molecule has 2 aromatic carbocycles. The number of aliphatic hydroxyl groups is 1. The molecule has 140 valence electrons. The molecule has 7 heteroatoms. The van der Waals surface area contributed by atoms with Gasteiger partial charge in [0.15, 0.2) is 0 Å². The van der Waals surface area contributed by atoms with Crippen LogP contribution in [-0.2, 0) is 5.60 Å². The second-order valence-electron chi connectivity index (χ2n) is 6.68. The Morgan fingerprint density at radius 3 is 1.73 bits per heavy atom. The first-order valence-electron chi connectivity index (χ1n) is 8.12. The predicted molar refractivity (Wildman–Crippen MR) is 90.1 cm³/mol. The van der Waals surface area contributed by atoms with E-state index in [-0.39, 0.29) is 5.75 Å². The monoisotopic (exact) mass is 367 g/mol. The van der Waals surface area contributed by atoms with Crippen molar-refractivity contribution in [3.63, 3.8) is 0 Å². The number of ether oxygens (including phenoxy) is 2. The van der Waals surface area contributed by atoms with Gasteiger partial charge in [0.1, 0.15) is 17.1 Å². The molecule has 1 aliphatic heterocycles. The number of halogens is 3. The van der Waals surface area contributed by atoms with E-state index in [0.717, 1.165) is 0 Å². The van der Waals surface area contributed by atoms with Gasteiger partial charge in [-0.15, -0.1) is 13.2 Å². The van der Waals surface area contributed by atoms with Crippen LogP contribution in [0.15, 0.2) is 48.5 Å². The summed E-state index contributed by atoms with van der Waals surface area (Å²) in [6.45, 7) is 3.10. The van der Waals surface area contributed by atoms with Crippen LogP contribution >= 0.6 is 0 Å². The summed E-state index contributed by atoms with van der Waals surface area (Å²) in [5.41, 5.74) is -0.733. The zero-order chi connectivity index (χ0) is 19.0. The second-order valence-corrected chi connectivity index (χ2v) is 6.68. The maximum atomic E-state index is 12.4. The van der Waals surface area contributed by atoms with E-state index in [2.05, 4.69) is 10.1 Å². The van der Waals surface area contributed by atoms with E-state index in [9.17, 15) is 18.3 Å². The van der Waals surface area contributed by atoms with Crippen molar-refractivity contribution in [2.45, 2.75) is 18.9 Å². The Morgan fingerprint density at radius 1 is 0.923 bits per heavy atom. The molecule has 1 fully saturated rings. The fraction of sp³-hybridized carbons (Fsp3) is 0.368. The van der Waals surface area contributed by atoms with Gasteiger partial charge in [-0.1, -0.05) is 31.2 Å². The van der Waals surface area contributed by atoms with Gasteiger partial charge in [-0.3, -0.25) is 0 Å².